The van der Waals surface area contributed by atoms with Crippen LogP contribution >= 0.6 is 23.2 Å². The molecule has 25 heavy (non-hydrogen) atoms. The molecule has 0 bridgehead atoms. The molecule has 0 saturated carbocycles. The first kappa shape index (κ1) is 19.8. The zero-order chi connectivity index (χ0) is 18.4. The molecule has 5 heteroatoms. The van der Waals surface area contributed by atoms with Crippen LogP contribution in [0.3, 0.4) is 0 Å². The molecule has 0 unspecified atom stereocenters. The van der Waals surface area contributed by atoms with Crippen LogP contribution in [0.15, 0.2) is 36.4 Å². The highest BCUT2D eigenvalue weighted by molar-refractivity contribution is 6.35. The fourth-order valence-electron chi connectivity index (χ4n) is 2.88. The highest BCUT2D eigenvalue weighted by Gasteiger charge is 2.16. The van der Waals surface area contributed by atoms with Gasteiger partial charge in [-0.1, -0.05) is 61.3 Å². The normalized spacial score (nSPS) is 12.0. The van der Waals surface area contributed by atoms with Crippen molar-refractivity contribution in [1.29, 1.82) is 0 Å². The summed E-state index contributed by atoms with van der Waals surface area (Å²) >= 11 is 12.2. The minimum atomic E-state index is -0.00691. The molecule has 3 N–H and O–H groups in total. The van der Waals surface area contributed by atoms with E-state index < -0.39 is 0 Å². The molecule has 0 spiro atoms. The molecule has 1 atom stereocenters. The predicted molar refractivity (Wildman–Crippen MR) is 105 cm³/mol. The number of halogens is 2. The quantitative estimate of drug-likeness (QED) is 0.736. The Balaban J connectivity index is 2.01. The van der Waals surface area contributed by atoms with Gasteiger partial charge < -0.3 is 10.6 Å². The topological polar surface area (TPSA) is 45.7 Å². The fourth-order valence-corrected chi connectivity index (χ4v) is 3.46. The molecule has 3 nitrogen and oxygen atoms in total. The van der Waals surface area contributed by atoms with Crippen LogP contribution in [-0.4, -0.2) is 12.5 Å². The van der Waals surface area contributed by atoms with E-state index in [0.717, 1.165) is 24.1 Å². The molecule has 1 amide bonds. The molecule has 0 radical (unpaired) electrons. The van der Waals surface area contributed by atoms with Gasteiger partial charge in [-0.3, -0.25) is 4.79 Å². The lowest BCUT2D eigenvalue weighted by Gasteiger charge is -2.16. The highest BCUT2D eigenvalue weighted by Crippen LogP contribution is 2.24. The number of carbonyl (C=O) groups excluding carboxylic acids is 1. The Kier molecular flexibility index (Phi) is 7.30. The van der Waals surface area contributed by atoms with Crippen LogP contribution in [0, 0.1) is 0 Å². The van der Waals surface area contributed by atoms with Gasteiger partial charge in [0, 0.05) is 16.3 Å². The second-order valence-corrected chi connectivity index (χ2v) is 6.94. The summed E-state index contributed by atoms with van der Waals surface area (Å²) in [5.41, 5.74) is 4.27. The second kappa shape index (κ2) is 9.23. The maximum Gasteiger partial charge on any atom is 0.279 e. The van der Waals surface area contributed by atoms with Crippen LogP contribution in [0.2, 0.25) is 10.0 Å². The molecular weight excluding hydrogens is 355 g/mol. The van der Waals surface area contributed by atoms with Gasteiger partial charge in [-0.25, -0.2) is 0 Å². The Morgan fingerprint density at radius 2 is 1.76 bits per heavy atom. The van der Waals surface area contributed by atoms with E-state index in [2.05, 4.69) is 31.3 Å². The number of para-hydroxylation sites is 1. The maximum absolute atomic E-state index is 12.4. The number of rotatable bonds is 7. The van der Waals surface area contributed by atoms with Crippen LogP contribution in [0.25, 0.3) is 0 Å². The number of quaternary nitrogens is 1. The van der Waals surface area contributed by atoms with E-state index in [0.29, 0.717) is 16.6 Å². The minimum absolute atomic E-state index is 0.00691. The summed E-state index contributed by atoms with van der Waals surface area (Å²) in [7, 11) is 0. The largest absolute Gasteiger partial charge is 0.332 e. The number of nitrogens with two attached hydrogens (primary N) is 1. The first-order valence-corrected chi connectivity index (χ1v) is 9.40. The fraction of sp³-hybridized carbons (Fsp3) is 0.350. The number of carbonyl (C=O) groups is 1. The van der Waals surface area contributed by atoms with Gasteiger partial charge in [0.2, 0.25) is 0 Å². The van der Waals surface area contributed by atoms with E-state index in [9.17, 15) is 4.79 Å². The van der Waals surface area contributed by atoms with Crippen LogP contribution in [-0.2, 0) is 17.6 Å². The van der Waals surface area contributed by atoms with Gasteiger partial charge in [0.05, 0.1) is 5.02 Å². The summed E-state index contributed by atoms with van der Waals surface area (Å²) in [6.07, 6.45) is 1.79. The molecule has 0 aliphatic carbocycles. The third kappa shape index (κ3) is 5.21. The Morgan fingerprint density at radius 3 is 2.32 bits per heavy atom. The first-order valence-electron chi connectivity index (χ1n) is 8.65. The van der Waals surface area contributed by atoms with Gasteiger partial charge in [0.1, 0.15) is 6.04 Å². The number of amides is 1. The highest BCUT2D eigenvalue weighted by atomic mass is 35.5. The van der Waals surface area contributed by atoms with Crippen LogP contribution in [0.1, 0.15) is 43.5 Å². The number of benzene rings is 2. The summed E-state index contributed by atoms with van der Waals surface area (Å²) in [5, 5.41) is 6.30. The second-order valence-electron chi connectivity index (χ2n) is 6.10. The maximum atomic E-state index is 12.4. The van der Waals surface area contributed by atoms with Gasteiger partial charge in [0.15, 0.2) is 6.54 Å². The third-order valence-electron chi connectivity index (χ3n) is 4.37. The average molecular weight is 380 g/mol. The van der Waals surface area contributed by atoms with E-state index >= 15 is 0 Å². The number of hydrogen-bond donors (Lipinski definition) is 2. The van der Waals surface area contributed by atoms with Crippen molar-refractivity contribution in [1.82, 2.24) is 0 Å². The molecular formula is C20H25Cl2N2O+. The minimum Gasteiger partial charge on any atom is -0.332 e. The SMILES string of the molecule is CCc1cccc(CC)c1NC(=O)C[NH2+][C@@H](C)c1ccc(Cl)cc1Cl. The predicted octanol–water partition coefficient (Wildman–Crippen LogP) is 4.38. The Morgan fingerprint density at radius 1 is 1.12 bits per heavy atom. The summed E-state index contributed by atoms with van der Waals surface area (Å²) in [6, 6.07) is 11.7. The molecule has 0 heterocycles. The zero-order valence-electron chi connectivity index (χ0n) is 14.9. The van der Waals surface area contributed by atoms with Gasteiger partial charge >= 0.3 is 0 Å². The summed E-state index contributed by atoms with van der Waals surface area (Å²) < 4.78 is 0. The Hall–Kier alpha value is -1.55. The monoisotopic (exact) mass is 379 g/mol. The Labute approximate surface area is 159 Å². The molecule has 134 valence electrons. The van der Waals surface area contributed by atoms with Crippen LogP contribution < -0.4 is 10.6 Å². The standard InChI is InChI=1S/C20H24Cl2N2O/c1-4-14-7-6-8-15(5-2)20(14)24-19(25)12-23-13(3)17-10-9-16(21)11-18(17)22/h6-11,13,23H,4-5,12H2,1-3H3,(H,24,25)/p+1/t13-/m0/s1. The Bertz CT molecular complexity index is 724. The molecule has 0 aliphatic heterocycles. The number of aryl methyl sites for hydroxylation is 2. The molecule has 2 rings (SSSR count). The molecule has 2 aromatic carbocycles. The van der Waals surface area contributed by atoms with E-state index in [1.165, 1.54) is 11.1 Å². The van der Waals surface area contributed by atoms with Crippen molar-refractivity contribution in [3.63, 3.8) is 0 Å². The van der Waals surface area contributed by atoms with E-state index in [-0.39, 0.29) is 11.9 Å². The number of hydrogen-bond acceptors (Lipinski definition) is 1. The van der Waals surface area contributed by atoms with Crippen molar-refractivity contribution in [2.75, 3.05) is 11.9 Å². The molecule has 0 fully saturated rings. The smallest absolute Gasteiger partial charge is 0.279 e. The average Bonchev–Trinajstić information content (AvgIpc) is 2.59. The summed E-state index contributed by atoms with van der Waals surface area (Å²) in [6.45, 7) is 6.56. The lowest BCUT2D eigenvalue weighted by Crippen LogP contribution is -2.86. The van der Waals surface area contributed by atoms with Crippen molar-refractivity contribution in [2.45, 2.75) is 39.7 Å². The van der Waals surface area contributed by atoms with E-state index in [4.69, 9.17) is 23.2 Å². The molecule has 2 aromatic rings. The van der Waals surface area contributed by atoms with Gasteiger partial charge in [-0.2, -0.15) is 0 Å². The van der Waals surface area contributed by atoms with Gasteiger partial charge in [-0.05, 0) is 43.0 Å². The third-order valence-corrected chi connectivity index (χ3v) is 4.94. The lowest BCUT2D eigenvalue weighted by molar-refractivity contribution is -0.682. The van der Waals surface area contributed by atoms with E-state index in [1.807, 2.05) is 30.4 Å². The first-order chi connectivity index (χ1) is 12.0. The number of nitrogens with one attached hydrogen (secondary N) is 1. The van der Waals surface area contributed by atoms with Crippen molar-refractivity contribution >= 4 is 34.8 Å². The van der Waals surface area contributed by atoms with Gasteiger partial charge in [-0.15, -0.1) is 0 Å². The summed E-state index contributed by atoms with van der Waals surface area (Å²) in [5.74, 6) is -0.00691. The molecule has 0 aromatic heterocycles. The van der Waals surface area contributed by atoms with Crippen molar-refractivity contribution in [3.05, 3.63) is 63.1 Å². The number of anilines is 1. The molecule has 0 saturated heterocycles. The van der Waals surface area contributed by atoms with Gasteiger partial charge in [0.25, 0.3) is 5.91 Å². The van der Waals surface area contributed by atoms with E-state index in [1.54, 1.807) is 6.07 Å². The van der Waals surface area contributed by atoms with Crippen molar-refractivity contribution in [3.8, 4) is 0 Å². The lowest BCUT2D eigenvalue weighted by atomic mass is 10.0. The van der Waals surface area contributed by atoms with Crippen LogP contribution in [0.5, 0.6) is 0 Å². The van der Waals surface area contributed by atoms with Crippen LogP contribution in [0.4, 0.5) is 5.69 Å². The van der Waals surface area contributed by atoms with Crippen molar-refractivity contribution in [2.24, 2.45) is 0 Å². The van der Waals surface area contributed by atoms with Crippen molar-refractivity contribution < 1.29 is 10.1 Å². The zero-order valence-corrected chi connectivity index (χ0v) is 16.4. The summed E-state index contributed by atoms with van der Waals surface area (Å²) in [4.78, 5) is 12.4. The molecule has 0 aliphatic rings.